The summed E-state index contributed by atoms with van der Waals surface area (Å²) in [5.41, 5.74) is 5.74. The normalized spacial score (nSPS) is 22.2. The zero-order valence-electron chi connectivity index (χ0n) is 25.3. The van der Waals surface area contributed by atoms with Crippen LogP contribution in [-0.2, 0) is 14.3 Å². The van der Waals surface area contributed by atoms with Crippen LogP contribution in [-0.4, -0.2) is 24.8 Å². The van der Waals surface area contributed by atoms with Gasteiger partial charge in [0.1, 0.15) is 11.6 Å². The molecule has 3 heteroatoms. The van der Waals surface area contributed by atoms with E-state index in [9.17, 15) is 9.59 Å². The maximum Gasteiger partial charge on any atom is 0.136 e. The molecule has 1 aromatic carbocycles. The lowest BCUT2D eigenvalue weighted by Crippen LogP contribution is -2.29. The molecule has 2 aliphatic rings. The van der Waals surface area contributed by atoms with Crippen molar-refractivity contribution in [3.05, 3.63) is 34.4 Å². The Kier molecular flexibility index (Phi) is 13.0. The fourth-order valence-electron chi connectivity index (χ4n) is 7.52. The number of ketones is 2. The number of hydrogen-bond donors (Lipinski definition) is 0. The molecule has 4 unspecified atom stereocenters. The number of benzene rings is 1. The van der Waals surface area contributed by atoms with Gasteiger partial charge >= 0.3 is 0 Å². The summed E-state index contributed by atoms with van der Waals surface area (Å²) < 4.78 is 5.58. The summed E-state index contributed by atoms with van der Waals surface area (Å²) in [4.78, 5) is 25.6. The number of aryl methyl sites for hydroxylation is 2. The molecule has 1 saturated heterocycles. The average molecular weight is 525 g/mol. The number of carbonyl (C=O) groups excluding carboxylic acids is 2. The van der Waals surface area contributed by atoms with E-state index in [1.165, 1.54) is 67.2 Å². The summed E-state index contributed by atoms with van der Waals surface area (Å²) in [6.07, 6.45) is 15.8. The largest absolute Gasteiger partial charge is 0.381 e. The van der Waals surface area contributed by atoms with Crippen LogP contribution in [0.1, 0.15) is 138 Å². The summed E-state index contributed by atoms with van der Waals surface area (Å²) >= 11 is 0. The van der Waals surface area contributed by atoms with Gasteiger partial charge in [-0.3, -0.25) is 9.59 Å². The number of carbonyl (C=O) groups is 2. The quantitative estimate of drug-likeness (QED) is 0.215. The number of hydrogen-bond acceptors (Lipinski definition) is 3. The molecule has 3 nitrogen and oxygen atoms in total. The van der Waals surface area contributed by atoms with E-state index in [1.807, 2.05) is 6.92 Å². The summed E-state index contributed by atoms with van der Waals surface area (Å²) in [6, 6.07) is 4.55. The van der Waals surface area contributed by atoms with E-state index in [1.54, 1.807) is 0 Å². The van der Waals surface area contributed by atoms with Crippen molar-refractivity contribution < 1.29 is 14.3 Å². The van der Waals surface area contributed by atoms with Gasteiger partial charge in [-0.2, -0.15) is 0 Å². The molecule has 0 spiro atoms. The molecule has 214 valence electrons. The number of Topliss-reactive ketones (excluding diaryl/α,β-unsaturated/α-hetero) is 2. The van der Waals surface area contributed by atoms with Crippen LogP contribution in [0.3, 0.4) is 0 Å². The highest BCUT2D eigenvalue weighted by molar-refractivity contribution is 5.81. The van der Waals surface area contributed by atoms with Crippen LogP contribution in [0.15, 0.2) is 12.1 Å². The Labute approximate surface area is 233 Å². The second-order valence-corrected chi connectivity index (χ2v) is 12.7. The predicted octanol–water partition coefficient (Wildman–Crippen LogP) is 9.23. The van der Waals surface area contributed by atoms with Crippen molar-refractivity contribution in [3.8, 4) is 0 Å². The van der Waals surface area contributed by atoms with Gasteiger partial charge in [0.25, 0.3) is 0 Å². The van der Waals surface area contributed by atoms with Crippen molar-refractivity contribution in [2.75, 3.05) is 13.2 Å². The molecule has 0 radical (unpaired) electrons. The van der Waals surface area contributed by atoms with E-state index in [-0.39, 0.29) is 5.92 Å². The van der Waals surface area contributed by atoms with Crippen molar-refractivity contribution in [2.45, 2.75) is 137 Å². The molecule has 3 rings (SSSR count). The minimum atomic E-state index is 0.234. The van der Waals surface area contributed by atoms with Gasteiger partial charge in [0.2, 0.25) is 0 Å². The third-order valence-corrected chi connectivity index (χ3v) is 9.92. The van der Waals surface area contributed by atoms with Gasteiger partial charge in [-0.25, -0.2) is 0 Å². The Balaban J connectivity index is 1.70. The second-order valence-electron chi connectivity index (χ2n) is 12.7. The number of unbranched alkanes of at least 4 members (excludes halogenated alkanes) is 1. The topological polar surface area (TPSA) is 43.4 Å². The van der Waals surface area contributed by atoms with Crippen molar-refractivity contribution in [1.29, 1.82) is 0 Å². The van der Waals surface area contributed by atoms with E-state index >= 15 is 0 Å². The highest BCUT2D eigenvalue weighted by Gasteiger charge is 2.34. The molecule has 1 aliphatic heterocycles. The first-order valence-electron chi connectivity index (χ1n) is 16.0. The number of rotatable bonds is 15. The van der Waals surface area contributed by atoms with E-state index in [4.69, 9.17) is 4.74 Å². The summed E-state index contributed by atoms with van der Waals surface area (Å²) in [5.74, 6) is 3.51. The SMILES string of the molecule is CCCC(CC(=O)C1CCCC(C(CCCCC(=O)CC)c2c(C)ccc(C)c2C)C1)CC1CCOCC1. The fourth-order valence-corrected chi connectivity index (χ4v) is 7.52. The molecule has 0 aromatic heterocycles. The van der Waals surface area contributed by atoms with Gasteiger partial charge in [-0.05, 0) is 118 Å². The highest BCUT2D eigenvalue weighted by Crippen LogP contribution is 2.44. The summed E-state index contributed by atoms with van der Waals surface area (Å²) in [6.45, 7) is 12.8. The minimum absolute atomic E-state index is 0.234. The molecular formula is C35H56O3. The van der Waals surface area contributed by atoms with Gasteiger partial charge in [0.15, 0.2) is 0 Å². The first-order chi connectivity index (χ1) is 18.3. The van der Waals surface area contributed by atoms with E-state index in [2.05, 4.69) is 39.8 Å². The van der Waals surface area contributed by atoms with Gasteiger partial charge in [-0.15, -0.1) is 0 Å². The Hall–Kier alpha value is -1.48. The third kappa shape index (κ3) is 9.04. The average Bonchev–Trinajstić information content (AvgIpc) is 2.92. The lowest BCUT2D eigenvalue weighted by Gasteiger charge is -2.37. The molecule has 38 heavy (non-hydrogen) atoms. The lowest BCUT2D eigenvalue weighted by molar-refractivity contribution is -0.125. The zero-order valence-corrected chi connectivity index (χ0v) is 25.3. The van der Waals surface area contributed by atoms with E-state index in [0.29, 0.717) is 42.2 Å². The van der Waals surface area contributed by atoms with E-state index in [0.717, 1.165) is 57.7 Å². The Morgan fingerprint density at radius 3 is 2.39 bits per heavy atom. The zero-order chi connectivity index (χ0) is 27.5. The van der Waals surface area contributed by atoms with Gasteiger partial charge in [-0.1, -0.05) is 51.7 Å². The number of ether oxygens (including phenoxy) is 1. The summed E-state index contributed by atoms with van der Waals surface area (Å²) in [7, 11) is 0. The lowest BCUT2D eigenvalue weighted by atomic mass is 9.68. The molecule has 2 fully saturated rings. The molecule has 1 aliphatic carbocycles. The van der Waals surface area contributed by atoms with Crippen molar-refractivity contribution >= 4 is 11.6 Å². The first kappa shape index (κ1) is 31.1. The third-order valence-electron chi connectivity index (χ3n) is 9.92. The van der Waals surface area contributed by atoms with Crippen LogP contribution in [0.25, 0.3) is 0 Å². The molecule has 1 aromatic rings. The first-order valence-corrected chi connectivity index (χ1v) is 16.0. The molecule has 0 amide bonds. The monoisotopic (exact) mass is 524 g/mol. The molecule has 1 heterocycles. The van der Waals surface area contributed by atoms with Crippen LogP contribution >= 0.6 is 0 Å². The van der Waals surface area contributed by atoms with Crippen LogP contribution in [0.4, 0.5) is 0 Å². The molecule has 1 saturated carbocycles. The van der Waals surface area contributed by atoms with Crippen LogP contribution in [0.5, 0.6) is 0 Å². The molecule has 0 bridgehead atoms. The standard InChI is InChI=1S/C35H56O3/c1-6-11-29(22-28-18-20-38-21-19-28)23-34(37)31-13-10-12-30(24-31)33(15-9-8-14-32(36)7-2)35-26(4)17-16-25(3)27(35)5/h16-17,28-31,33H,6-15,18-24H2,1-5H3. The predicted molar refractivity (Wildman–Crippen MR) is 159 cm³/mol. The Morgan fingerprint density at radius 1 is 0.947 bits per heavy atom. The van der Waals surface area contributed by atoms with Crippen molar-refractivity contribution in [3.63, 3.8) is 0 Å². The fraction of sp³-hybridized carbons (Fsp3) is 0.771. The minimum Gasteiger partial charge on any atom is -0.381 e. The highest BCUT2D eigenvalue weighted by atomic mass is 16.5. The van der Waals surface area contributed by atoms with Gasteiger partial charge < -0.3 is 4.74 Å². The van der Waals surface area contributed by atoms with Crippen LogP contribution < -0.4 is 0 Å². The van der Waals surface area contributed by atoms with Gasteiger partial charge in [0.05, 0.1) is 0 Å². The second kappa shape index (κ2) is 15.9. The van der Waals surface area contributed by atoms with Crippen LogP contribution in [0, 0.1) is 44.4 Å². The van der Waals surface area contributed by atoms with Gasteiger partial charge in [0, 0.05) is 38.4 Å². The Bertz CT molecular complexity index is 881. The Morgan fingerprint density at radius 2 is 1.68 bits per heavy atom. The van der Waals surface area contributed by atoms with E-state index < -0.39 is 0 Å². The molecule has 4 atom stereocenters. The molecule has 0 N–H and O–H groups in total. The maximum atomic E-state index is 13.7. The van der Waals surface area contributed by atoms with Crippen LogP contribution in [0.2, 0.25) is 0 Å². The van der Waals surface area contributed by atoms with Crippen molar-refractivity contribution in [2.24, 2.45) is 23.7 Å². The molecular weight excluding hydrogens is 468 g/mol. The van der Waals surface area contributed by atoms with Crippen molar-refractivity contribution in [1.82, 2.24) is 0 Å². The summed E-state index contributed by atoms with van der Waals surface area (Å²) in [5, 5.41) is 0. The smallest absolute Gasteiger partial charge is 0.136 e. The maximum absolute atomic E-state index is 13.7.